The Morgan fingerprint density at radius 2 is 2.06 bits per heavy atom. The van der Waals surface area contributed by atoms with Gasteiger partial charge in [-0.2, -0.15) is 0 Å². The van der Waals surface area contributed by atoms with Crippen LogP contribution in [0.2, 0.25) is 0 Å². The van der Waals surface area contributed by atoms with Gasteiger partial charge in [-0.15, -0.1) is 6.42 Å². The molecule has 5 atom stereocenters. The van der Waals surface area contributed by atoms with Crippen molar-refractivity contribution in [3.05, 3.63) is 0 Å². The van der Waals surface area contributed by atoms with Gasteiger partial charge in [-0.25, -0.2) is 0 Å². The first-order valence-corrected chi connectivity index (χ1v) is 6.52. The number of terminal acetylenes is 1. The summed E-state index contributed by atoms with van der Waals surface area (Å²) in [6.45, 7) is 2.02. The molecule has 3 aliphatic rings. The molecule has 1 amide bonds. The summed E-state index contributed by atoms with van der Waals surface area (Å²) in [7, 11) is 0. The number of hydrogen-bond acceptors (Lipinski definition) is 1. The van der Waals surface area contributed by atoms with Gasteiger partial charge in [-0.1, -0.05) is 12.8 Å². The normalized spacial score (nSPS) is 44.6. The predicted octanol–water partition coefficient (Wildman–Crippen LogP) is 1.81. The highest BCUT2D eigenvalue weighted by atomic mass is 16.2. The van der Waals surface area contributed by atoms with Gasteiger partial charge in [0.05, 0.1) is 6.04 Å². The van der Waals surface area contributed by atoms with Crippen LogP contribution < -0.4 is 5.32 Å². The Balaban J connectivity index is 1.61. The molecule has 5 unspecified atom stereocenters. The van der Waals surface area contributed by atoms with E-state index in [0.717, 1.165) is 18.3 Å². The molecule has 0 aromatic carbocycles. The molecule has 2 heteroatoms. The molecule has 3 aliphatic carbocycles. The van der Waals surface area contributed by atoms with Crippen molar-refractivity contribution >= 4 is 5.91 Å². The molecule has 2 nitrogen and oxygen atoms in total. The van der Waals surface area contributed by atoms with Gasteiger partial charge in [0.2, 0.25) is 5.91 Å². The molecule has 0 aromatic rings. The summed E-state index contributed by atoms with van der Waals surface area (Å²) in [6, 6.07) is -0.0634. The number of hydrogen-bond donors (Lipinski definition) is 1. The standard InChI is InChI=1S/C14H19NO/c1-3-10(4-2)15-14(16)13-11-8-5-6-9(7-8)12(11)13/h1,8-13H,4-7H2,2H3,(H,15,16). The van der Waals surface area contributed by atoms with E-state index in [0.29, 0.717) is 17.8 Å². The summed E-state index contributed by atoms with van der Waals surface area (Å²) in [6.07, 6.45) is 10.3. The number of amides is 1. The van der Waals surface area contributed by atoms with E-state index < -0.39 is 0 Å². The van der Waals surface area contributed by atoms with Crippen LogP contribution in [0.4, 0.5) is 0 Å². The van der Waals surface area contributed by atoms with Crippen LogP contribution in [0.1, 0.15) is 32.6 Å². The van der Waals surface area contributed by atoms with E-state index in [9.17, 15) is 4.79 Å². The second kappa shape index (κ2) is 3.52. The number of nitrogens with one attached hydrogen (secondary N) is 1. The smallest absolute Gasteiger partial charge is 0.224 e. The molecule has 0 aromatic heterocycles. The highest BCUT2D eigenvalue weighted by molar-refractivity contribution is 5.83. The zero-order valence-electron chi connectivity index (χ0n) is 9.78. The number of fused-ring (bicyclic) bond motifs is 5. The van der Waals surface area contributed by atoms with E-state index >= 15 is 0 Å². The fraction of sp³-hybridized carbons (Fsp3) is 0.786. The third-order valence-electron chi connectivity index (χ3n) is 4.96. The first kappa shape index (κ1) is 10.2. The number of rotatable bonds is 3. The second-order valence-corrected chi connectivity index (χ2v) is 5.65. The minimum absolute atomic E-state index is 0.0634. The van der Waals surface area contributed by atoms with Crippen LogP contribution in [-0.2, 0) is 4.79 Å². The molecule has 16 heavy (non-hydrogen) atoms. The summed E-state index contributed by atoms with van der Waals surface area (Å²) in [5.74, 6) is 6.33. The Kier molecular flexibility index (Phi) is 2.24. The second-order valence-electron chi connectivity index (χ2n) is 5.65. The molecular weight excluding hydrogens is 198 g/mol. The largest absolute Gasteiger partial charge is 0.342 e. The maximum atomic E-state index is 12.1. The molecule has 0 spiro atoms. The fourth-order valence-corrected chi connectivity index (χ4v) is 4.21. The van der Waals surface area contributed by atoms with Crippen molar-refractivity contribution in [2.45, 2.75) is 38.6 Å². The van der Waals surface area contributed by atoms with Crippen LogP contribution in [0.5, 0.6) is 0 Å². The SMILES string of the molecule is C#CC(CC)NC(=O)C1C2C3CCC(C3)C12. The minimum Gasteiger partial charge on any atom is -0.342 e. The lowest BCUT2D eigenvalue weighted by atomic mass is 10.0. The average molecular weight is 217 g/mol. The lowest BCUT2D eigenvalue weighted by Crippen LogP contribution is -2.35. The van der Waals surface area contributed by atoms with Gasteiger partial charge < -0.3 is 5.32 Å². The van der Waals surface area contributed by atoms with E-state index in [1.54, 1.807) is 0 Å². The van der Waals surface area contributed by atoms with Crippen molar-refractivity contribution < 1.29 is 4.79 Å². The van der Waals surface area contributed by atoms with Crippen molar-refractivity contribution in [3.8, 4) is 12.3 Å². The Hall–Kier alpha value is -0.970. The molecule has 3 fully saturated rings. The van der Waals surface area contributed by atoms with Crippen LogP contribution in [0.15, 0.2) is 0 Å². The molecule has 0 heterocycles. The summed E-state index contributed by atoms with van der Waals surface area (Å²) >= 11 is 0. The van der Waals surface area contributed by atoms with Crippen LogP contribution in [-0.4, -0.2) is 11.9 Å². The zero-order valence-corrected chi connectivity index (χ0v) is 9.78. The molecule has 0 saturated heterocycles. The quantitative estimate of drug-likeness (QED) is 0.718. The summed E-state index contributed by atoms with van der Waals surface area (Å²) in [5.41, 5.74) is 0. The van der Waals surface area contributed by atoms with E-state index in [-0.39, 0.29) is 11.9 Å². The Morgan fingerprint density at radius 1 is 1.44 bits per heavy atom. The van der Waals surface area contributed by atoms with Gasteiger partial charge in [0, 0.05) is 5.92 Å². The molecule has 3 rings (SSSR count). The lowest BCUT2D eigenvalue weighted by molar-refractivity contribution is -0.123. The van der Waals surface area contributed by atoms with E-state index in [1.165, 1.54) is 19.3 Å². The highest BCUT2D eigenvalue weighted by Crippen LogP contribution is 2.69. The first-order valence-electron chi connectivity index (χ1n) is 6.52. The summed E-state index contributed by atoms with van der Waals surface area (Å²) in [4.78, 5) is 12.1. The average Bonchev–Trinajstić information content (AvgIpc) is 2.75. The summed E-state index contributed by atoms with van der Waals surface area (Å²) in [5, 5.41) is 3.00. The van der Waals surface area contributed by atoms with Gasteiger partial charge in [0.1, 0.15) is 0 Å². The van der Waals surface area contributed by atoms with E-state index in [1.807, 2.05) is 6.92 Å². The number of carbonyl (C=O) groups is 1. The van der Waals surface area contributed by atoms with Crippen LogP contribution in [0.3, 0.4) is 0 Å². The minimum atomic E-state index is -0.0634. The molecule has 3 saturated carbocycles. The van der Waals surface area contributed by atoms with E-state index in [2.05, 4.69) is 11.2 Å². The topological polar surface area (TPSA) is 29.1 Å². The van der Waals surface area contributed by atoms with Gasteiger partial charge in [0.25, 0.3) is 0 Å². The predicted molar refractivity (Wildman–Crippen MR) is 62.4 cm³/mol. The maximum Gasteiger partial charge on any atom is 0.224 e. The van der Waals surface area contributed by atoms with E-state index in [4.69, 9.17) is 6.42 Å². The van der Waals surface area contributed by atoms with Crippen molar-refractivity contribution in [2.24, 2.45) is 29.6 Å². The van der Waals surface area contributed by atoms with Gasteiger partial charge in [-0.3, -0.25) is 4.79 Å². The fourth-order valence-electron chi connectivity index (χ4n) is 4.21. The van der Waals surface area contributed by atoms with Gasteiger partial charge in [-0.05, 0) is 49.4 Å². The van der Waals surface area contributed by atoms with Crippen molar-refractivity contribution in [2.75, 3.05) is 0 Å². The molecular formula is C14H19NO. The highest BCUT2D eigenvalue weighted by Gasteiger charge is 2.67. The summed E-state index contributed by atoms with van der Waals surface area (Å²) < 4.78 is 0. The Morgan fingerprint density at radius 3 is 2.56 bits per heavy atom. The zero-order chi connectivity index (χ0) is 11.3. The van der Waals surface area contributed by atoms with Gasteiger partial charge >= 0.3 is 0 Å². The Bertz CT molecular complexity index is 340. The van der Waals surface area contributed by atoms with Crippen LogP contribution >= 0.6 is 0 Å². The monoisotopic (exact) mass is 217 g/mol. The molecule has 2 bridgehead atoms. The lowest BCUT2D eigenvalue weighted by Gasteiger charge is -2.13. The van der Waals surface area contributed by atoms with Gasteiger partial charge in [0.15, 0.2) is 0 Å². The molecule has 0 aliphatic heterocycles. The van der Waals surface area contributed by atoms with Crippen LogP contribution in [0.25, 0.3) is 0 Å². The van der Waals surface area contributed by atoms with Crippen LogP contribution in [0, 0.1) is 41.9 Å². The Labute approximate surface area is 97.2 Å². The van der Waals surface area contributed by atoms with Crippen molar-refractivity contribution in [1.29, 1.82) is 0 Å². The third kappa shape index (κ3) is 1.30. The molecule has 0 radical (unpaired) electrons. The number of carbonyl (C=O) groups excluding carboxylic acids is 1. The molecule has 86 valence electrons. The molecule has 1 N–H and O–H groups in total. The van der Waals surface area contributed by atoms with Crippen molar-refractivity contribution in [3.63, 3.8) is 0 Å². The van der Waals surface area contributed by atoms with Crippen molar-refractivity contribution in [1.82, 2.24) is 5.32 Å². The third-order valence-corrected chi connectivity index (χ3v) is 4.96. The first-order chi connectivity index (χ1) is 7.76. The maximum absolute atomic E-state index is 12.1.